The largest absolute Gasteiger partial charge is 0.489 e. The molecule has 0 bridgehead atoms. The Kier molecular flexibility index (Phi) is 3.72. The van der Waals surface area contributed by atoms with Crippen LogP contribution >= 0.6 is 11.6 Å². The number of aryl methyl sites for hydroxylation is 1. The summed E-state index contributed by atoms with van der Waals surface area (Å²) in [4.78, 5) is 0. The van der Waals surface area contributed by atoms with Gasteiger partial charge in [-0.2, -0.15) is 0 Å². The van der Waals surface area contributed by atoms with E-state index in [0.717, 1.165) is 16.9 Å². The van der Waals surface area contributed by atoms with Gasteiger partial charge >= 0.3 is 0 Å². The van der Waals surface area contributed by atoms with Crippen molar-refractivity contribution in [3.8, 4) is 5.75 Å². The second kappa shape index (κ2) is 5.27. The molecule has 2 aromatic carbocycles. The summed E-state index contributed by atoms with van der Waals surface area (Å²) in [5, 5.41) is 0.102. The summed E-state index contributed by atoms with van der Waals surface area (Å²) in [5.41, 5.74) is 8.13. The van der Waals surface area contributed by atoms with Gasteiger partial charge in [0.2, 0.25) is 0 Å². The Bertz CT molecular complexity index is 572. The van der Waals surface area contributed by atoms with Gasteiger partial charge in [-0.25, -0.2) is 4.39 Å². The zero-order valence-corrected chi connectivity index (χ0v) is 10.7. The number of nitrogen functional groups attached to an aromatic ring is 1. The van der Waals surface area contributed by atoms with Crippen molar-refractivity contribution in [1.29, 1.82) is 0 Å². The molecule has 0 spiro atoms. The molecule has 4 heteroatoms. The Morgan fingerprint density at radius 1 is 1.22 bits per heavy atom. The van der Waals surface area contributed by atoms with Crippen LogP contribution in [0.1, 0.15) is 11.1 Å². The van der Waals surface area contributed by atoms with Crippen molar-refractivity contribution >= 4 is 17.3 Å². The number of anilines is 1. The summed E-state index contributed by atoms with van der Waals surface area (Å²) < 4.78 is 18.6. The maximum Gasteiger partial charge on any atom is 0.141 e. The number of benzene rings is 2. The predicted molar refractivity (Wildman–Crippen MR) is 71.3 cm³/mol. The number of hydrogen-bond donors (Lipinski definition) is 1. The van der Waals surface area contributed by atoms with Gasteiger partial charge in [0.15, 0.2) is 0 Å². The van der Waals surface area contributed by atoms with Crippen LogP contribution in [0.2, 0.25) is 5.02 Å². The molecule has 2 nitrogen and oxygen atoms in total. The lowest BCUT2D eigenvalue weighted by Crippen LogP contribution is -1.98. The molecule has 2 rings (SSSR count). The van der Waals surface area contributed by atoms with Gasteiger partial charge in [-0.05, 0) is 48.4 Å². The quantitative estimate of drug-likeness (QED) is 0.853. The van der Waals surface area contributed by atoms with Crippen LogP contribution in [0, 0.1) is 12.7 Å². The second-order valence-electron chi connectivity index (χ2n) is 4.06. The first-order valence-electron chi connectivity index (χ1n) is 5.49. The molecule has 0 amide bonds. The Balaban J connectivity index is 2.09. The van der Waals surface area contributed by atoms with Gasteiger partial charge in [-0.3, -0.25) is 0 Å². The molecule has 0 aliphatic rings. The van der Waals surface area contributed by atoms with E-state index in [4.69, 9.17) is 22.1 Å². The van der Waals surface area contributed by atoms with E-state index in [-0.39, 0.29) is 5.02 Å². The zero-order valence-electron chi connectivity index (χ0n) is 9.91. The highest BCUT2D eigenvalue weighted by molar-refractivity contribution is 6.30. The maximum atomic E-state index is 13.0. The van der Waals surface area contributed by atoms with Crippen molar-refractivity contribution in [3.05, 3.63) is 58.4 Å². The third kappa shape index (κ3) is 2.93. The van der Waals surface area contributed by atoms with Gasteiger partial charge in [0, 0.05) is 5.69 Å². The Morgan fingerprint density at radius 2 is 2.00 bits per heavy atom. The van der Waals surface area contributed by atoms with Crippen molar-refractivity contribution in [2.45, 2.75) is 13.5 Å². The van der Waals surface area contributed by atoms with Gasteiger partial charge < -0.3 is 10.5 Å². The molecule has 0 saturated carbocycles. The molecular formula is C14H13ClFNO. The number of ether oxygens (including phenoxy) is 1. The fourth-order valence-corrected chi connectivity index (χ4v) is 1.83. The lowest BCUT2D eigenvalue weighted by molar-refractivity contribution is 0.304. The molecular weight excluding hydrogens is 253 g/mol. The van der Waals surface area contributed by atoms with E-state index in [0.29, 0.717) is 12.3 Å². The highest BCUT2D eigenvalue weighted by Crippen LogP contribution is 2.22. The van der Waals surface area contributed by atoms with Gasteiger partial charge in [0.1, 0.15) is 18.2 Å². The molecule has 18 heavy (non-hydrogen) atoms. The standard InChI is InChI=1S/C14H13ClFNO/c1-9-6-11(17)3-5-14(9)18-8-10-2-4-13(16)12(15)7-10/h2-7H,8,17H2,1H3. The van der Waals surface area contributed by atoms with Gasteiger partial charge in [0.05, 0.1) is 5.02 Å². The summed E-state index contributed by atoms with van der Waals surface area (Å²) in [6, 6.07) is 9.97. The molecule has 0 heterocycles. The van der Waals surface area contributed by atoms with Gasteiger partial charge in [0.25, 0.3) is 0 Å². The molecule has 0 aliphatic heterocycles. The Labute approximate surface area is 110 Å². The van der Waals surface area contributed by atoms with Crippen molar-refractivity contribution < 1.29 is 9.13 Å². The van der Waals surface area contributed by atoms with Crippen LogP contribution in [0.3, 0.4) is 0 Å². The van der Waals surface area contributed by atoms with Crippen LogP contribution in [0.25, 0.3) is 0 Å². The smallest absolute Gasteiger partial charge is 0.141 e. The highest BCUT2D eigenvalue weighted by Gasteiger charge is 2.03. The fourth-order valence-electron chi connectivity index (χ4n) is 1.63. The SMILES string of the molecule is Cc1cc(N)ccc1OCc1ccc(F)c(Cl)c1. The van der Waals surface area contributed by atoms with E-state index in [9.17, 15) is 4.39 Å². The summed E-state index contributed by atoms with van der Waals surface area (Å²) in [5.74, 6) is 0.328. The first-order chi connectivity index (χ1) is 8.56. The van der Waals surface area contributed by atoms with E-state index in [1.54, 1.807) is 18.2 Å². The summed E-state index contributed by atoms with van der Waals surface area (Å²) in [6.45, 7) is 2.26. The Morgan fingerprint density at radius 3 is 2.67 bits per heavy atom. The lowest BCUT2D eigenvalue weighted by atomic mass is 10.2. The second-order valence-corrected chi connectivity index (χ2v) is 4.47. The minimum absolute atomic E-state index is 0.102. The van der Waals surface area contributed by atoms with Crippen molar-refractivity contribution in [2.24, 2.45) is 0 Å². The topological polar surface area (TPSA) is 35.2 Å². The van der Waals surface area contributed by atoms with E-state index >= 15 is 0 Å². The zero-order chi connectivity index (χ0) is 13.1. The molecule has 0 saturated heterocycles. The maximum absolute atomic E-state index is 13.0. The summed E-state index contributed by atoms with van der Waals surface area (Å²) >= 11 is 5.70. The molecule has 0 unspecified atom stereocenters. The monoisotopic (exact) mass is 265 g/mol. The average Bonchev–Trinajstić information content (AvgIpc) is 2.32. The number of rotatable bonds is 3. The van der Waals surface area contributed by atoms with E-state index in [2.05, 4.69) is 0 Å². The summed E-state index contributed by atoms with van der Waals surface area (Å²) in [7, 11) is 0. The molecule has 0 aromatic heterocycles. The Hall–Kier alpha value is -1.74. The van der Waals surface area contributed by atoms with Crippen LogP contribution in [-0.2, 0) is 6.61 Å². The van der Waals surface area contributed by atoms with Crippen LogP contribution in [0.4, 0.5) is 10.1 Å². The molecule has 94 valence electrons. The first kappa shape index (κ1) is 12.7. The third-order valence-electron chi connectivity index (χ3n) is 2.58. The molecule has 2 aromatic rings. The first-order valence-corrected chi connectivity index (χ1v) is 5.87. The van der Waals surface area contributed by atoms with Gasteiger partial charge in [-0.15, -0.1) is 0 Å². The van der Waals surface area contributed by atoms with Crippen LogP contribution in [-0.4, -0.2) is 0 Å². The van der Waals surface area contributed by atoms with Crippen molar-refractivity contribution in [2.75, 3.05) is 5.73 Å². The third-order valence-corrected chi connectivity index (χ3v) is 2.87. The average molecular weight is 266 g/mol. The predicted octanol–water partition coefficient (Wildman–Crippen LogP) is 3.95. The minimum Gasteiger partial charge on any atom is -0.489 e. The lowest BCUT2D eigenvalue weighted by Gasteiger charge is -2.10. The van der Waals surface area contributed by atoms with E-state index in [1.807, 2.05) is 19.1 Å². The van der Waals surface area contributed by atoms with Crippen molar-refractivity contribution in [1.82, 2.24) is 0 Å². The summed E-state index contributed by atoms with van der Waals surface area (Å²) in [6.07, 6.45) is 0. The van der Waals surface area contributed by atoms with Crippen LogP contribution in [0.15, 0.2) is 36.4 Å². The molecule has 2 N–H and O–H groups in total. The number of halogens is 2. The molecule has 0 aliphatic carbocycles. The van der Waals surface area contributed by atoms with Crippen LogP contribution in [0.5, 0.6) is 5.75 Å². The highest BCUT2D eigenvalue weighted by atomic mass is 35.5. The van der Waals surface area contributed by atoms with Crippen molar-refractivity contribution in [3.63, 3.8) is 0 Å². The molecule has 0 fully saturated rings. The fraction of sp³-hybridized carbons (Fsp3) is 0.143. The van der Waals surface area contributed by atoms with E-state index < -0.39 is 5.82 Å². The normalized spacial score (nSPS) is 10.4. The van der Waals surface area contributed by atoms with E-state index in [1.165, 1.54) is 6.07 Å². The van der Waals surface area contributed by atoms with Gasteiger partial charge in [-0.1, -0.05) is 17.7 Å². The molecule has 0 radical (unpaired) electrons. The minimum atomic E-state index is -0.427. The molecule has 0 atom stereocenters. The number of nitrogens with two attached hydrogens (primary N) is 1. The number of hydrogen-bond acceptors (Lipinski definition) is 2. The van der Waals surface area contributed by atoms with Crippen LogP contribution < -0.4 is 10.5 Å².